The minimum absolute atomic E-state index is 0.0764. The zero-order valence-corrected chi connectivity index (χ0v) is 5.31. The van der Waals surface area contributed by atoms with E-state index in [0.717, 1.165) is 12.8 Å². The second kappa shape index (κ2) is 4.62. The van der Waals surface area contributed by atoms with Gasteiger partial charge in [0.25, 0.3) is 0 Å². The molecule has 2 nitrogen and oxygen atoms in total. The van der Waals surface area contributed by atoms with Crippen LogP contribution in [0.2, 0.25) is 0 Å². The van der Waals surface area contributed by atoms with Gasteiger partial charge in [-0.1, -0.05) is 20.3 Å². The van der Waals surface area contributed by atoms with Crippen LogP contribution in [0.25, 0.3) is 0 Å². The van der Waals surface area contributed by atoms with E-state index in [1.54, 1.807) is 0 Å². The molecule has 48 valence electrons. The van der Waals surface area contributed by atoms with Gasteiger partial charge in [-0.05, 0) is 12.8 Å². The SMILES string of the molecule is CCC(CC)O[C-]=O. The molecular weight excluding hydrogens is 104 g/mol. The van der Waals surface area contributed by atoms with Crippen LogP contribution in [0.4, 0.5) is 0 Å². The predicted octanol–water partition coefficient (Wildman–Crippen LogP) is 1.26. The van der Waals surface area contributed by atoms with E-state index < -0.39 is 0 Å². The Morgan fingerprint density at radius 3 is 2.12 bits per heavy atom. The Balaban J connectivity index is 3.20. The first-order valence-electron chi connectivity index (χ1n) is 2.87. The Morgan fingerprint density at radius 2 is 2.00 bits per heavy atom. The van der Waals surface area contributed by atoms with Gasteiger partial charge in [-0.25, -0.2) is 0 Å². The Bertz CT molecular complexity index is 57.5. The average molecular weight is 115 g/mol. The quantitative estimate of drug-likeness (QED) is 0.515. The molecule has 0 aromatic carbocycles. The van der Waals surface area contributed by atoms with Gasteiger partial charge in [0.05, 0.1) is 6.10 Å². The lowest BCUT2D eigenvalue weighted by atomic mass is 10.2. The lowest BCUT2D eigenvalue weighted by Crippen LogP contribution is -2.07. The molecule has 0 bridgehead atoms. The Labute approximate surface area is 49.8 Å². The maximum absolute atomic E-state index is 9.59. The molecule has 0 aliphatic heterocycles. The summed E-state index contributed by atoms with van der Waals surface area (Å²) in [4.78, 5) is 9.59. The van der Waals surface area contributed by atoms with Gasteiger partial charge >= 0.3 is 0 Å². The largest absolute Gasteiger partial charge is 0.651 e. The molecule has 0 aliphatic carbocycles. The molecule has 0 spiro atoms. The van der Waals surface area contributed by atoms with Crippen LogP contribution in [0, 0.1) is 0 Å². The minimum Gasteiger partial charge on any atom is -0.651 e. The summed E-state index contributed by atoms with van der Waals surface area (Å²) in [5.74, 6) is 0. The first-order chi connectivity index (χ1) is 3.85. The molecule has 0 unspecified atom stereocenters. The molecule has 2 heteroatoms. The average Bonchev–Trinajstić information content (AvgIpc) is 1.83. The maximum atomic E-state index is 9.59. The summed E-state index contributed by atoms with van der Waals surface area (Å²) in [5.41, 5.74) is 0. The standard InChI is InChI=1S/C6H11O2/c1-3-6(4-2)8-5-7/h6H,3-4H2,1-2H3/q-1. The summed E-state index contributed by atoms with van der Waals surface area (Å²) >= 11 is 0. The van der Waals surface area contributed by atoms with E-state index >= 15 is 0 Å². The van der Waals surface area contributed by atoms with E-state index in [4.69, 9.17) is 0 Å². The van der Waals surface area contributed by atoms with E-state index in [2.05, 4.69) is 4.74 Å². The monoisotopic (exact) mass is 115 g/mol. The van der Waals surface area contributed by atoms with E-state index in [1.165, 1.54) is 6.47 Å². The van der Waals surface area contributed by atoms with Crippen LogP contribution in [0.15, 0.2) is 0 Å². The van der Waals surface area contributed by atoms with Crippen LogP contribution in [-0.4, -0.2) is 12.6 Å². The van der Waals surface area contributed by atoms with Gasteiger partial charge in [-0.3, -0.25) is 0 Å². The third-order valence-corrected chi connectivity index (χ3v) is 1.13. The first kappa shape index (κ1) is 7.47. The van der Waals surface area contributed by atoms with E-state index in [-0.39, 0.29) is 6.10 Å². The van der Waals surface area contributed by atoms with Crippen LogP contribution < -0.4 is 0 Å². The Kier molecular flexibility index (Phi) is 4.32. The smallest absolute Gasteiger partial charge is 0.0590 e. The van der Waals surface area contributed by atoms with E-state index in [1.807, 2.05) is 13.8 Å². The van der Waals surface area contributed by atoms with Gasteiger partial charge in [0, 0.05) is 0 Å². The fraction of sp³-hybridized carbons (Fsp3) is 0.833. The van der Waals surface area contributed by atoms with Crippen molar-refractivity contribution in [3.05, 3.63) is 0 Å². The molecule has 0 radical (unpaired) electrons. The van der Waals surface area contributed by atoms with Crippen molar-refractivity contribution in [1.82, 2.24) is 0 Å². The normalized spacial score (nSPS) is 9.38. The van der Waals surface area contributed by atoms with Gasteiger partial charge in [0.15, 0.2) is 0 Å². The summed E-state index contributed by atoms with van der Waals surface area (Å²) < 4.78 is 4.53. The third kappa shape index (κ3) is 2.61. The molecular formula is C6H11O2-. The highest BCUT2D eigenvalue weighted by Gasteiger charge is 1.93. The fourth-order valence-electron chi connectivity index (χ4n) is 0.523. The van der Waals surface area contributed by atoms with Gasteiger partial charge in [0.2, 0.25) is 0 Å². The van der Waals surface area contributed by atoms with Crippen LogP contribution in [0.1, 0.15) is 26.7 Å². The van der Waals surface area contributed by atoms with Crippen molar-refractivity contribution in [2.24, 2.45) is 0 Å². The minimum atomic E-state index is 0.0764. The van der Waals surface area contributed by atoms with Gasteiger partial charge < -0.3 is 9.53 Å². The number of hydrogen-bond donors (Lipinski definition) is 0. The lowest BCUT2D eigenvalue weighted by Gasteiger charge is -2.17. The molecule has 0 atom stereocenters. The molecule has 0 aromatic rings. The molecule has 0 aliphatic rings. The highest BCUT2D eigenvalue weighted by Crippen LogP contribution is 1.99. The van der Waals surface area contributed by atoms with E-state index in [9.17, 15) is 4.79 Å². The van der Waals surface area contributed by atoms with Crippen molar-refractivity contribution in [3.63, 3.8) is 0 Å². The predicted molar refractivity (Wildman–Crippen MR) is 31.1 cm³/mol. The Hall–Kier alpha value is -0.530. The number of ether oxygens (including phenoxy) is 1. The number of carbonyl (C=O) groups excluding carboxylic acids is 1. The van der Waals surface area contributed by atoms with Crippen molar-refractivity contribution in [2.75, 3.05) is 0 Å². The molecule has 0 saturated heterocycles. The Morgan fingerprint density at radius 1 is 1.50 bits per heavy atom. The molecule has 0 heterocycles. The summed E-state index contributed by atoms with van der Waals surface area (Å²) in [6, 6.07) is 0. The molecule has 0 rings (SSSR count). The van der Waals surface area contributed by atoms with Crippen LogP contribution in [0.3, 0.4) is 0 Å². The van der Waals surface area contributed by atoms with Gasteiger partial charge in [0.1, 0.15) is 0 Å². The highest BCUT2D eigenvalue weighted by molar-refractivity contribution is 5.38. The zero-order valence-electron chi connectivity index (χ0n) is 5.31. The van der Waals surface area contributed by atoms with Crippen LogP contribution in [-0.2, 0) is 9.53 Å². The molecule has 0 saturated carbocycles. The van der Waals surface area contributed by atoms with Crippen LogP contribution in [0.5, 0.6) is 0 Å². The van der Waals surface area contributed by atoms with E-state index in [0.29, 0.717) is 0 Å². The van der Waals surface area contributed by atoms with Gasteiger partial charge in [-0.2, -0.15) is 0 Å². The van der Waals surface area contributed by atoms with Crippen LogP contribution >= 0.6 is 0 Å². The highest BCUT2D eigenvalue weighted by atomic mass is 16.5. The molecule has 8 heavy (non-hydrogen) atoms. The topological polar surface area (TPSA) is 26.3 Å². The summed E-state index contributed by atoms with van der Waals surface area (Å²) in [6.07, 6.45) is 1.84. The number of rotatable bonds is 4. The maximum Gasteiger partial charge on any atom is 0.0590 e. The summed E-state index contributed by atoms with van der Waals surface area (Å²) in [7, 11) is 0. The number of hydrogen-bond acceptors (Lipinski definition) is 2. The summed E-state index contributed by atoms with van der Waals surface area (Å²) in [6.45, 7) is 5.38. The van der Waals surface area contributed by atoms with Crippen molar-refractivity contribution < 1.29 is 9.53 Å². The molecule has 0 aromatic heterocycles. The second-order valence-electron chi connectivity index (χ2n) is 1.64. The third-order valence-electron chi connectivity index (χ3n) is 1.13. The van der Waals surface area contributed by atoms with Crippen molar-refractivity contribution in [1.29, 1.82) is 0 Å². The lowest BCUT2D eigenvalue weighted by molar-refractivity contribution is 0.168. The van der Waals surface area contributed by atoms with Crippen molar-refractivity contribution >= 4 is 6.47 Å². The zero-order chi connectivity index (χ0) is 6.41. The molecule has 0 N–H and O–H groups in total. The second-order valence-corrected chi connectivity index (χ2v) is 1.64. The molecule has 0 amide bonds. The fourth-order valence-corrected chi connectivity index (χ4v) is 0.523. The first-order valence-corrected chi connectivity index (χ1v) is 2.87. The molecule has 0 fully saturated rings. The van der Waals surface area contributed by atoms with Crippen molar-refractivity contribution in [3.8, 4) is 0 Å². The summed E-state index contributed by atoms with van der Waals surface area (Å²) in [5, 5.41) is 0. The van der Waals surface area contributed by atoms with Gasteiger partial charge in [-0.15, -0.1) is 0 Å². The van der Waals surface area contributed by atoms with Crippen molar-refractivity contribution in [2.45, 2.75) is 32.8 Å².